The summed E-state index contributed by atoms with van der Waals surface area (Å²) < 4.78 is 76.5. The van der Waals surface area contributed by atoms with Gasteiger partial charge in [0, 0.05) is 30.1 Å². The zero-order chi connectivity index (χ0) is 30.7. The Balaban J connectivity index is 0.000000157. The summed E-state index contributed by atoms with van der Waals surface area (Å²) in [6, 6.07) is 4.43. The van der Waals surface area contributed by atoms with Crippen LogP contribution in [0.5, 0.6) is 0 Å². The zero-order valence-electron chi connectivity index (χ0n) is 21.8. The van der Waals surface area contributed by atoms with Gasteiger partial charge in [0.05, 0.1) is 36.4 Å². The number of rotatable bonds is 3. The molecule has 0 radical (unpaired) electrons. The lowest BCUT2D eigenvalue weighted by Crippen LogP contribution is -2.08. The molecule has 0 unspecified atom stereocenters. The number of pyridine rings is 2. The average Bonchev–Trinajstić information content (AvgIpc) is 3.88. The molecule has 4 heterocycles. The Hall–Kier alpha value is -4.24. The third-order valence-corrected chi connectivity index (χ3v) is 6.52. The van der Waals surface area contributed by atoms with Gasteiger partial charge in [0.1, 0.15) is 11.4 Å². The van der Waals surface area contributed by atoms with Crippen molar-refractivity contribution in [3.05, 3.63) is 99.1 Å². The molecule has 4 aromatic heterocycles. The third-order valence-electron chi connectivity index (χ3n) is 6.05. The largest absolute Gasteiger partial charge is 0.433 e. The lowest BCUT2D eigenvalue weighted by atomic mass is 10.3. The highest BCUT2D eigenvalue weighted by molar-refractivity contribution is 9.10. The van der Waals surface area contributed by atoms with Gasteiger partial charge in [-0.2, -0.15) is 36.5 Å². The van der Waals surface area contributed by atoms with E-state index in [2.05, 4.69) is 45.8 Å². The third kappa shape index (κ3) is 7.94. The summed E-state index contributed by atoms with van der Waals surface area (Å²) in [6.45, 7) is 14.0. The predicted octanol–water partition coefficient (Wildman–Crippen LogP) is 8.43. The van der Waals surface area contributed by atoms with Gasteiger partial charge in [-0.3, -0.25) is 14.3 Å². The molecular weight excluding hydrogens is 630 g/mol. The van der Waals surface area contributed by atoms with Crippen molar-refractivity contribution in [1.29, 1.82) is 0 Å². The molecule has 0 atom stereocenters. The molecule has 15 heteroatoms. The summed E-state index contributed by atoms with van der Waals surface area (Å²) in [4.78, 5) is 13.4. The fourth-order valence-corrected chi connectivity index (χ4v) is 3.94. The summed E-state index contributed by atoms with van der Waals surface area (Å²) in [5, 5.41) is 8.53. The Bertz CT molecular complexity index is 1600. The summed E-state index contributed by atoms with van der Waals surface area (Å²) in [5.41, 5.74) is 1.50. The van der Waals surface area contributed by atoms with E-state index >= 15 is 0 Å². The fraction of sp³-hybridized carbons (Fsp3) is 0.333. The first-order chi connectivity index (χ1) is 19.8. The highest BCUT2D eigenvalue weighted by atomic mass is 79.9. The molecule has 0 aliphatic heterocycles. The first-order valence-electron chi connectivity index (χ1n) is 12.4. The molecule has 6 rings (SSSR count). The first-order valence-corrected chi connectivity index (χ1v) is 13.2. The number of hydrogen-bond acceptors (Lipinski definition) is 4. The van der Waals surface area contributed by atoms with Gasteiger partial charge in [-0.1, -0.05) is 0 Å². The zero-order valence-corrected chi connectivity index (χ0v) is 23.4. The molecule has 4 aromatic rings. The molecule has 8 nitrogen and oxygen atoms in total. The monoisotopic (exact) mass is 650 g/mol. The van der Waals surface area contributed by atoms with Crippen LogP contribution in [-0.4, -0.2) is 29.5 Å². The second-order valence-electron chi connectivity index (χ2n) is 9.45. The minimum absolute atomic E-state index is 0.308. The number of aromatic nitrogens is 6. The van der Waals surface area contributed by atoms with Crippen molar-refractivity contribution in [1.82, 2.24) is 29.5 Å². The van der Waals surface area contributed by atoms with Crippen LogP contribution in [0.25, 0.3) is 15.4 Å². The first kappa shape index (κ1) is 30.7. The van der Waals surface area contributed by atoms with Crippen molar-refractivity contribution in [2.45, 2.75) is 49.9 Å². The molecule has 0 spiro atoms. The molecule has 0 bridgehead atoms. The number of aryl methyl sites for hydroxylation is 1. The van der Waals surface area contributed by atoms with Crippen molar-refractivity contribution < 1.29 is 26.3 Å². The van der Waals surface area contributed by atoms with Gasteiger partial charge < -0.3 is 0 Å². The molecule has 42 heavy (non-hydrogen) atoms. The van der Waals surface area contributed by atoms with E-state index in [4.69, 9.17) is 13.1 Å². The smallest absolute Gasteiger partial charge is 0.287 e. The fourth-order valence-electron chi connectivity index (χ4n) is 3.70. The molecule has 0 aromatic carbocycles. The molecule has 2 aliphatic carbocycles. The summed E-state index contributed by atoms with van der Waals surface area (Å²) in [5.74, 6) is 0.892. The lowest BCUT2D eigenvalue weighted by Gasteiger charge is -2.06. The van der Waals surface area contributed by atoms with E-state index in [1.807, 2.05) is 7.05 Å². The van der Waals surface area contributed by atoms with E-state index in [0.29, 0.717) is 27.7 Å². The minimum atomic E-state index is -4.45. The van der Waals surface area contributed by atoms with Gasteiger partial charge in [-0.15, -0.1) is 0 Å². The van der Waals surface area contributed by atoms with E-state index in [0.717, 1.165) is 54.4 Å². The molecule has 2 fully saturated rings. The van der Waals surface area contributed by atoms with Crippen LogP contribution in [0.1, 0.15) is 60.3 Å². The molecule has 2 aliphatic rings. The van der Waals surface area contributed by atoms with E-state index in [9.17, 15) is 26.3 Å². The summed E-state index contributed by atoms with van der Waals surface area (Å²) in [7, 11) is 1.86. The molecule has 0 saturated heterocycles. The standard InChI is InChI=1S/C13H9F3N4.C8H9N3.C6H3BrF3N/c1-17-10-7-20(19-12(10)8-2-3-8)9-4-5-11(18-6-9)13(14,15)16;1-9-7-5-11(2)10-8(7)6-3-4-6;7-4-1-2-5(11-3-4)6(8,9)10/h4-8H,2-3H2;5-6H,3-4H2,2H3;1-3H. The van der Waals surface area contributed by atoms with Crippen LogP contribution in [-0.2, 0) is 19.4 Å². The molecule has 218 valence electrons. The van der Waals surface area contributed by atoms with Crippen molar-refractivity contribution in [2.75, 3.05) is 0 Å². The van der Waals surface area contributed by atoms with Crippen molar-refractivity contribution in [3.63, 3.8) is 0 Å². The van der Waals surface area contributed by atoms with Crippen LogP contribution in [0.3, 0.4) is 0 Å². The number of alkyl halides is 6. The Kier molecular flexibility index (Phi) is 9.01. The van der Waals surface area contributed by atoms with Crippen molar-refractivity contribution in [3.8, 4) is 5.69 Å². The van der Waals surface area contributed by atoms with Crippen molar-refractivity contribution in [2.24, 2.45) is 7.05 Å². The predicted molar refractivity (Wildman–Crippen MR) is 143 cm³/mol. The number of nitrogens with zero attached hydrogens (tertiary/aromatic N) is 8. The second kappa shape index (κ2) is 12.3. The van der Waals surface area contributed by atoms with Crippen LogP contribution in [0.4, 0.5) is 37.7 Å². The van der Waals surface area contributed by atoms with Crippen LogP contribution in [0.15, 0.2) is 53.5 Å². The molecule has 0 amide bonds. The lowest BCUT2D eigenvalue weighted by molar-refractivity contribution is -0.142. The van der Waals surface area contributed by atoms with Gasteiger partial charge in [0.15, 0.2) is 0 Å². The maximum Gasteiger partial charge on any atom is 0.433 e. The van der Waals surface area contributed by atoms with Crippen molar-refractivity contribution >= 4 is 27.3 Å². The van der Waals surface area contributed by atoms with Crippen LogP contribution in [0.2, 0.25) is 0 Å². The Morgan fingerprint density at radius 1 is 0.762 bits per heavy atom. The summed E-state index contributed by atoms with van der Waals surface area (Å²) in [6.07, 6.45) is 1.17. The quantitative estimate of drug-likeness (QED) is 0.165. The van der Waals surface area contributed by atoms with Gasteiger partial charge in [-0.25, -0.2) is 14.7 Å². The Morgan fingerprint density at radius 2 is 1.26 bits per heavy atom. The Labute approximate surface area is 244 Å². The second-order valence-corrected chi connectivity index (χ2v) is 10.4. The Morgan fingerprint density at radius 3 is 1.69 bits per heavy atom. The molecule has 0 N–H and O–H groups in total. The van der Waals surface area contributed by atoms with E-state index in [-0.39, 0.29) is 0 Å². The minimum Gasteiger partial charge on any atom is -0.287 e. The topological polar surface area (TPSA) is 70.1 Å². The van der Waals surface area contributed by atoms with Crippen LogP contribution < -0.4 is 0 Å². The average molecular weight is 651 g/mol. The SMILES string of the molecule is FC(F)(F)c1ccc(Br)cn1.[C-]#[N+]c1cn(-c2ccc(C(F)(F)F)nc2)nc1C1CC1.[C-]#[N+]c1cn(C)nc1C1CC1. The molecular formula is C27H21BrF6N8. The molecule has 2 saturated carbocycles. The van der Waals surface area contributed by atoms with Gasteiger partial charge in [0.25, 0.3) is 0 Å². The van der Waals surface area contributed by atoms with E-state index in [1.165, 1.54) is 35.9 Å². The highest BCUT2D eigenvalue weighted by Crippen LogP contribution is 2.44. The normalized spacial score (nSPS) is 14.5. The van der Waals surface area contributed by atoms with Gasteiger partial charge >= 0.3 is 12.4 Å². The number of halogens is 7. The summed E-state index contributed by atoms with van der Waals surface area (Å²) >= 11 is 2.98. The van der Waals surface area contributed by atoms with Crippen LogP contribution >= 0.6 is 15.9 Å². The highest BCUT2D eigenvalue weighted by Gasteiger charge is 2.33. The van der Waals surface area contributed by atoms with E-state index < -0.39 is 23.7 Å². The maximum atomic E-state index is 12.4. The number of hydrogen-bond donors (Lipinski definition) is 0. The van der Waals surface area contributed by atoms with E-state index in [1.54, 1.807) is 10.9 Å². The maximum absolute atomic E-state index is 12.4. The van der Waals surface area contributed by atoms with Gasteiger partial charge in [0.2, 0.25) is 11.4 Å². The van der Waals surface area contributed by atoms with Crippen LogP contribution in [0, 0.1) is 13.1 Å². The van der Waals surface area contributed by atoms with Gasteiger partial charge in [-0.05, 0) is 77.7 Å².